The van der Waals surface area contributed by atoms with Gasteiger partial charge in [-0.05, 0) is 33.6 Å². The lowest BCUT2D eigenvalue weighted by molar-refractivity contribution is -0.146. The molecule has 462 valence electrons. The maximum absolute atomic E-state index is 13.0. The summed E-state index contributed by atoms with van der Waals surface area (Å²) < 4.78 is -0.167. The number of nitrogens with one attached hydrogen (secondary N) is 2. The zero-order valence-corrected chi connectivity index (χ0v) is 51.9. The number of ketones is 2. The van der Waals surface area contributed by atoms with Crippen LogP contribution in [-0.4, -0.2) is 290 Å². The molecule has 2 N–H and O–H groups in total. The van der Waals surface area contributed by atoms with E-state index in [1.54, 1.807) is 42.4 Å². The van der Waals surface area contributed by atoms with Gasteiger partial charge in [0.25, 0.3) is 0 Å². The van der Waals surface area contributed by atoms with Gasteiger partial charge < -0.3 is 59.6 Å². The quantitative estimate of drug-likeness (QED) is 0.0584. The number of carbonyl (C=O) groups excluding carboxylic acids is 14. The zero-order valence-electron chi connectivity index (χ0n) is 50.3. The molecule has 0 aliphatic heterocycles. The van der Waals surface area contributed by atoms with Gasteiger partial charge in [0, 0.05) is 119 Å². The maximum atomic E-state index is 13.0. The van der Waals surface area contributed by atoms with Crippen LogP contribution in [0.2, 0.25) is 0 Å². The van der Waals surface area contributed by atoms with Crippen molar-refractivity contribution in [3.63, 3.8) is 0 Å². The molecule has 0 aromatic rings. The molecule has 0 bridgehead atoms. The Morgan fingerprint density at radius 1 is 0.407 bits per heavy atom. The number of amides is 12. The van der Waals surface area contributed by atoms with Crippen molar-refractivity contribution in [2.75, 3.05) is 148 Å². The van der Waals surface area contributed by atoms with E-state index in [0.717, 1.165) is 49.9 Å². The van der Waals surface area contributed by atoms with E-state index < -0.39 is 117 Å². The lowest BCUT2D eigenvalue weighted by Crippen LogP contribution is -2.49. The summed E-state index contributed by atoms with van der Waals surface area (Å²) in [5.41, 5.74) is 0. The van der Waals surface area contributed by atoms with Crippen LogP contribution in [0, 0.1) is 11.8 Å². The predicted octanol–water partition coefficient (Wildman–Crippen LogP) is -0.612. The molecular formula is C53H94N12O14S2. The number of Topliss-reactive ketones (excluding diaryl/α,β-unsaturated/α-hetero) is 2. The van der Waals surface area contributed by atoms with E-state index in [-0.39, 0.29) is 73.3 Å². The Kier molecular flexibility index (Phi) is 35.7. The maximum Gasteiger partial charge on any atom is 0.242 e. The second-order valence-corrected chi connectivity index (χ2v) is 24.5. The lowest BCUT2D eigenvalue weighted by Gasteiger charge is -2.27. The van der Waals surface area contributed by atoms with Crippen LogP contribution >= 0.6 is 21.6 Å². The van der Waals surface area contributed by atoms with E-state index >= 15 is 0 Å². The van der Waals surface area contributed by atoms with Crippen molar-refractivity contribution in [2.45, 2.75) is 98.8 Å². The van der Waals surface area contributed by atoms with E-state index in [0.29, 0.717) is 25.8 Å². The van der Waals surface area contributed by atoms with Gasteiger partial charge in [0.05, 0.1) is 71.5 Å². The van der Waals surface area contributed by atoms with Crippen LogP contribution in [0.5, 0.6) is 0 Å². The van der Waals surface area contributed by atoms with Crippen LogP contribution in [0.15, 0.2) is 0 Å². The van der Waals surface area contributed by atoms with E-state index in [1.165, 1.54) is 75.4 Å². The van der Waals surface area contributed by atoms with Crippen LogP contribution in [0.4, 0.5) is 0 Å². The number of hydrogen-bond donors (Lipinski definition) is 2. The van der Waals surface area contributed by atoms with E-state index in [9.17, 15) is 67.1 Å². The predicted molar refractivity (Wildman–Crippen MR) is 311 cm³/mol. The molecule has 0 aliphatic rings. The van der Waals surface area contributed by atoms with Crippen LogP contribution in [0.3, 0.4) is 0 Å². The van der Waals surface area contributed by atoms with Crippen molar-refractivity contribution in [1.29, 1.82) is 0 Å². The molecule has 0 rings (SSSR count). The minimum Gasteiger partial charge on any atom is -0.355 e. The SMILES string of the molecule is C.CC(C)C(=O)NCCSSC(C)(C)CCC(=O)CCCC(=O)N(C)CC(=O)N(C)CC(=O)N(C)CC(=O)N(C)CC(=O)N(C)CC(=O)N(C)CC(=O)N(C)CC(=O)N(C)CC(=O)N(C)CC(=O)N(C)CC(=O)N[C@@H](C)C(=O)C(C)C. The molecule has 0 saturated heterocycles. The molecule has 0 heterocycles. The van der Waals surface area contributed by atoms with Gasteiger partial charge in [0.1, 0.15) is 5.78 Å². The summed E-state index contributed by atoms with van der Waals surface area (Å²) in [7, 11) is 16.8. The van der Waals surface area contributed by atoms with Gasteiger partial charge >= 0.3 is 0 Å². The molecule has 0 aromatic carbocycles. The van der Waals surface area contributed by atoms with Gasteiger partial charge in [-0.25, -0.2) is 0 Å². The first-order valence-electron chi connectivity index (χ1n) is 26.2. The second-order valence-electron chi connectivity index (χ2n) is 21.3. The average Bonchev–Trinajstić information content (AvgIpc) is 3.36. The first-order chi connectivity index (χ1) is 36.9. The summed E-state index contributed by atoms with van der Waals surface area (Å²) in [5.74, 6) is -6.12. The molecule has 0 unspecified atom stereocenters. The van der Waals surface area contributed by atoms with Crippen molar-refractivity contribution in [2.24, 2.45) is 11.8 Å². The van der Waals surface area contributed by atoms with Crippen LogP contribution in [0.1, 0.15) is 88.0 Å². The van der Waals surface area contributed by atoms with Gasteiger partial charge in [-0.1, -0.05) is 56.7 Å². The van der Waals surface area contributed by atoms with Crippen LogP contribution in [0.25, 0.3) is 0 Å². The van der Waals surface area contributed by atoms with Crippen molar-refractivity contribution >= 4 is 104 Å². The Morgan fingerprint density at radius 3 is 1.00 bits per heavy atom. The van der Waals surface area contributed by atoms with Gasteiger partial charge in [-0.2, -0.15) is 0 Å². The first-order valence-corrected chi connectivity index (χ1v) is 28.6. The van der Waals surface area contributed by atoms with E-state index in [4.69, 9.17) is 0 Å². The fourth-order valence-electron chi connectivity index (χ4n) is 6.72. The zero-order chi connectivity index (χ0) is 61.9. The van der Waals surface area contributed by atoms with Gasteiger partial charge in [-0.15, -0.1) is 0 Å². The largest absolute Gasteiger partial charge is 0.355 e. The Hall–Kier alpha value is -6.32. The van der Waals surface area contributed by atoms with Crippen LogP contribution in [-0.2, 0) is 67.1 Å². The summed E-state index contributed by atoms with van der Waals surface area (Å²) in [4.78, 5) is 189. The molecule has 28 heteroatoms. The van der Waals surface area contributed by atoms with Gasteiger partial charge in [-0.3, -0.25) is 67.1 Å². The number of nitrogens with zero attached hydrogens (tertiary/aromatic N) is 10. The highest BCUT2D eigenvalue weighted by Gasteiger charge is 2.28. The lowest BCUT2D eigenvalue weighted by atomic mass is 10.0. The third kappa shape index (κ3) is 30.9. The Bertz CT molecular complexity index is 2220. The number of likely N-dealkylation sites (N-methyl/N-ethyl adjacent to an activating group) is 10. The molecule has 12 amide bonds. The molecule has 0 radical (unpaired) electrons. The molecule has 0 spiro atoms. The Labute approximate surface area is 487 Å². The molecule has 0 saturated carbocycles. The summed E-state index contributed by atoms with van der Waals surface area (Å²) >= 11 is 0. The molecule has 0 fully saturated rings. The molecule has 1 atom stereocenters. The fraction of sp³-hybridized carbons (Fsp3) is 0.736. The highest BCUT2D eigenvalue weighted by molar-refractivity contribution is 8.77. The number of rotatable bonds is 36. The molecule has 26 nitrogen and oxygen atoms in total. The third-order valence-electron chi connectivity index (χ3n) is 12.5. The Balaban J connectivity index is 0. The van der Waals surface area contributed by atoms with Crippen molar-refractivity contribution in [3.8, 4) is 0 Å². The highest BCUT2D eigenvalue weighted by atomic mass is 33.1. The normalized spacial score (nSPS) is 11.2. The summed E-state index contributed by atoms with van der Waals surface area (Å²) in [6, 6.07) is -0.739. The first kappa shape index (κ1) is 76.7. The summed E-state index contributed by atoms with van der Waals surface area (Å²) in [5, 5.41) is 5.42. The second kappa shape index (κ2) is 37.6. The minimum atomic E-state index is -0.739. The number of hydrogen-bond acceptors (Lipinski definition) is 16. The molecular weight excluding hydrogens is 1090 g/mol. The van der Waals surface area contributed by atoms with E-state index in [1.807, 2.05) is 13.8 Å². The summed E-state index contributed by atoms with van der Waals surface area (Å²) in [6.45, 7) is 9.04. The number of carbonyl (C=O) groups is 14. The molecule has 0 aliphatic carbocycles. The smallest absolute Gasteiger partial charge is 0.242 e. The summed E-state index contributed by atoms with van der Waals surface area (Å²) in [6.07, 6.45) is 1.60. The van der Waals surface area contributed by atoms with Crippen LogP contribution < -0.4 is 10.6 Å². The standard InChI is InChI=1S/C52H90N12O14S2.CH4/c1-35(2)50(77)37(5)54-39(66)25-55(8)41(68)27-57(10)43(70)29-59(12)45(72)31-61(14)47(74)33-63(16)49(76)34-64(17)48(75)32-62(15)46(73)30-60(13)44(71)28-58(11)42(69)26-56(9)40(67)20-18-19-38(65)21-22-52(6,7)80-79-24-23-53-51(78)36(3)4;/h35-37H,18-34H2,1-17H3,(H,53,78)(H,54,66);1H4/t37-;/m0./s1. The fourth-order valence-corrected chi connectivity index (χ4v) is 9.20. The van der Waals surface area contributed by atoms with E-state index in [2.05, 4.69) is 24.5 Å². The average molecular weight is 1190 g/mol. The Morgan fingerprint density at radius 2 is 0.704 bits per heavy atom. The van der Waals surface area contributed by atoms with Crippen molar-refractivity contribution in [1.82, 2.24) is 59.6 Å². The van der Waals surface area contributed by atoms with Gasteiger partial charge in [0.2, 0.25) is 70.9 Å². The monoisotopic (exact) mass is 1190 g/mol. The molecule has 0 aromatic heterocycles. The minimum absolute atomic E-state index is 0. The van der Waals surface area contributed by atoms with Crippen molar-refractivity contribution in [3.05, 3.63) is 0 Å². The highest BCUT2D eigenvalue weighted by Crippen LogP contribution is 2.38. The topological polar surface area (TPSA) is 295 Å². The van der Waals surface area contributed by atoms with Gasteiger partial charge in [0.15, 0.2) is 5.78 Å². The molecule has 81 heavy (non-hydrogen) atoms. The van der Waals surface area contributed by atoms with Crippen molar-refractivity contribution < 1.29 is 67.1 Å². The third-order valence-corrected chi connectivity index (χ3v) is 15.9.